The van der Waals surface area contributed by atoms with Crippen molar-refractivity contribution in [2.45, 2.75) is 26.4 Å². The molecule has 1 amide bonds. The molecular weight excluding hydrogens is 502 g/mol. The lowest BCUT2D eigenvalue weighted by Crippen LogP contribution is -2.29. The predicted octanol–water partition coefficient (Wildman–Crippen LogP) is 4.60. The van der Waals surface area contributed by atoms with Crippen LogP contribution in [0, 0.1) is 0 Å². The molecule has 2 N–H and O–H groups in total. The van der Waals surface area contributed by atoms with Gasteiger partial charge in [0.2, 0.25) is 0 Å². The van der Waals surface area contributed by atoms with Crippen LogP contribution in [0.25, 0.3) is 5.76 Å². The van der Waals surface area contributed by atoms with E-state index in [4.69, 9.17) is 14.2 Å². The van der Waals surface area contributed by atoms with Crippen molar-refractivity contribution in [2.24, 2.45) is 0 Å². The van der Waals surface area contributed by atoms with Gasteiger partial charge < -0.3 is 29.3 Å². The van der Waals surface area contributed by atoms with Crippen LogP contribution >= 0.6 is 0 Å². The number of amides is 1. The van der Waals surface area contributed by atoms with Crippen molar-refractivity contribution in [3.63, 3.8) is 0 Å². The minimum Gasteiger partial charge on any atom is -0.508 e. The molecule has 39 heavy (non-hydrogen) atoms. The molecule has 4 rings (SSSR count). The largest absolute Gasteiger partial charge is 0.508 e. The summed E-state index contributed by atoms with van der Waals surface area (Å²) < 4.78 is 16.0. The third-order valence-corrected chi connectivity index (χ3v) is 6.30. The smallest absolute Gasteiger partial charge is 0.337 e. The first-order valence-corrected chi connectivity index (χ1v) is 12.4. The maximum atomic E-state index is 13.4. The number of nitrogens with zero attached hydrogens (tertiary/aromatic N) is 1. The van der Waals surface area contributed by atoms with E-state index in [0.29, 0.717) is 41.4 Å². The first-order chi connectivity index (χ1) is 18.8. The van der Waals surface area contributed by atoms with Gasteiger partial charge in [-0.1, -0.05) is 24.3 Å². The zero-order valence-electron chi connectivity index (χ0n) is 21.8. The van der Waals surface area contributed by atoms with Gasteiger partial charge in [0.1, 0.15) is 23.0 Å². The van der Waals surface area contributed by atoms with Crippen LogP contribution in [0.15, 0.2) is 72.3 Å². The summed E-state index contributed by atoms with van der Waals surface area (Å²) in [5, 5.41) is 21.3. The number of phenolic OH excluding ortho intramolecular Hbond substituents is 1. The summed E-state index contributed by atoms with van der Waals surface area (Å²) in [4.78, 5) is 39.9. The van der Waals surface area contributed by atoms with E-state index in [9.17, 15) is 24.6 Å². The summed E-state index contributed by atoms with van der Waals surface area (Å²) in [7, 11) is 1.29. The number of hydrogen-bond acceptors (Lipinski definition) is 8. The van der Waals surface area contributed by atoms with Gasteiger partial charge in [0, 0.05) is 12.6 Å². The number of aliphatic hydroxyl groups excluding tert-OH is 1. The van der Waals surface area contributed by atoms with E-state index in [1.165, 1.54) is 24.1 Å². The summed E-state index contributed by atoms with van der Waals surface area (Å²) in [5.41, 5.74) is 1.65. The molecule has 1 atom stereocenters. The molecule has 1 aliphatic rings. The molecule has 1 fully saturated rings. The average Bonchev–Trinajstić information content (AvgIpc) is 3.18. The molecule has 3 aromatic carbocycles. The van der Waals surface area contributed by atoms with Gasteiger partial charge in [-0.2, -0.15) is 0 Å². The average molecular weight is 532 g/mol. The molecule has 0 aliphatic carbocycles. The van der Waals surface area contributed by atoms with Gasteiger partial charge in [-0.05, 0) is 61.4 Å². The summed E-state index contributed by atoms with van der Waals surface area (Å²) in [6.45, 7) is 4.39. The molecular formula is C30H29NO8. The van der Waals surface area contributed by atoms with Crippen LogP contribution in [0.4, 0.5) is 0 Å². The first-order valence-electron chi connectivity index (χ1n) is 12.4. The lowest BCUT2D eigenvalue weighted by Gasteiger charge is -2.25. The van der Waals surface area contributed by atoms with Gasteiger partial charge in [-0.3, -0.25) is 9.59 Å². The molecule has 1 saturated heterocycles. The van der Waals surface area contributed by atoms with Gasteiger partial charge in [0.15, 0.2) is 0 Å². The van der Waals surface area contributed by atoms with Gasteiger partial charge >= 0.3 is 5.97 Å². The Morgan fingerprint density at radius 3 is 2.21 bits per heavy atom. The van der Waals surface area contributed by atoms with E-state index in [2.05, 4.69) is 0 Å². The summed E-state index contributed by atoms with van der Waals surface area (Å²) >= 11 is 0. The SMILES string of the molecule is CCOc1ccc(/C(O)=C2/C(=O)C(=O)N(Cc3ccc(C(=O)OC)cc3)C2c2ccc(O)cc2)c(OCC)c1. The van der Waals surface area contributed by atoms with Gasteiger partial charge in [0.25, 0.3) is 11.7 Å². The van der Waals surface area contributed by atoms with Crippen LogP contribution in [0.1, 0.15) is 46.9 Å². The Balaban J connectivity index is 1.82. The fraction of sp³-hybridized carbons (Fsp3) is 0.233. The van der Waals surface area contributed by atoms with Crippen molar-refractivity contribution in [2.75, 3.05) is 20.3 Å². The first kappa shape index (κ1) is 27.3. The van der Waals surface area contributed by atoms with Crippen LogP contribution in [0.2, 0.25) is 0 Å². The summed E-state index contributed by atoms with van der Waals surface area (Å²) in [5.74, 6) is -1.69. The molecule has 0 saturated carbocycles. The minimum absolute atomic E-state index is 0.0132. The number of Topliss-reactive ketones (excluding diaryl/α,β-unsaturated/α-hetero) is 1. The minimum atomic E-state index is -0.952. The number of phenols is 1. The number of ether oxygens (including phenoxy) is 3. The second-order valence-electron chi connectivity index (χ2n) is 8.73. The Hall–Kier alpha value is -4.79. The van der Waals surface area contributed by atoms with E-state index in [1.54, 1.807) is 61.5 Å². The molecule has 3 aromatic rings. The third kappa shape index (κ3) is 5.57. The summed E-state index contributed by atoms with van der Waals surface area (Å²) in [6.07, 6.45) is 0. The van der Waals surface area contributed by atoms with Crippen molar-refractivity contribution in [1.82, 2.24) is 4.90 Å². The van der Waals surface area contributed by atoms with Crippen molar-refractivity contribution in [3.8, 4) is 17.2 Å². The van der Waals surface area contributed by atoms with Crippen molar-refractivity contribution < 1.29 is 38.8 Å². The van der Waals surface area contributed by atoms with Crippen molar-refractivity contribution >= 4 is 23.4 Å². The molecule has 1 aliphatic heterocycles. The lowest BCUT2D eigenvalue weighted by atomic mass is 9.94. The Kier molecular flexibility index (Phi) is 8.19. The Morgan fingerprint density at radius 1 is 0.923 bits per heavy atom. The highest BCUT2D eigenvalue weighted by Gasteiger charge is 2.46. The topological polar surface area (TPSA) is 123 Å². The zero-order chi connectivity index (χ0) is 28.1. The molecule has 1 heterocycles. The fourth-order valence-electron chi connectivity index (χ4n) is 4.48. The fourth-order valence-corrected chi connectivity index (χ4v) is 4.48. The summed E-state index contributed by atoms with van der Waals surface area (Å²) in [6, 6.07) is 16.5. The molecule has 0 aromatic heterocycles. The number of likely N-dealkylation sites (tertiary alicyclic amines) is 1. The number of carbonyl (C=O) groups excluding carboxylic acids is 3. The molecule has 202 valence electrons. The second-order valence-corrected chi connectivity index (χ2v) is 8.73. The zero-order valence-corrected chi connectivity index (χ0v) is 21.8. The molecule has 9 heteroatoms. The third-order valence-electron chi connectivity index (χ3n) is 6.30. The number of ketones is 1. The maximum Gasteiger partial charge on any atom is 0.337 e. The monoisotopic (exact) mass is 531 g/mol. The number of methoxy groups -OCH3 is 1. The molecule has 1 unspecified atom stereocenters. The Bertz CT molecular complexity index is 1410. The highest BCUT2D eigenvalue weighted by Crippen LogP contribution is 2.42. The number of aliphatic hydroxyl groups is 1. The molecule has 9 nitrogen and oxygen atoms in total. The number of carbonyl (C=O) groups is 3. The van der Waals surface area contributed by atoms with Crippen LogP contribution in [-0.2, 0) is 20.9 Å². The van der Waals surface area contributed by atoms with Crippen LogP contribution in [0.3, 0.4) is 0 Å². The number of hydrogen-bond donors (Lipinski definition) is 2. The van der Waals surface area contributed by atoms with E-state index >= 15 is 0 Å². The molecule has 0 radical (unpaired) electrons. The van der Waals surface area contributed by atoms with Gasteiger partial charge in [-0.25, -0.2) is 4.79 Å². The standard InChI is InChI=1S/C30H29NO8/c1-4-38-22-14-15-23(24(16-22)39-5-2)27(33)25-26(19-10-12-21(32)13-11-19)31(29(35)28(25)34)17-18-6-8-20(9-7-18)30(36)37-3/h6-16,26,32-33H,4-5,17H2,1-3H3/b27-25-. The lowest BCUT2D eigenvalue weighted by molar-refractivity contribution is -0.140. The number of esters is 1. The van der Waals surface area contributed by atoms with E-state index in [-0.39, 0.29) is 29.2 Å². The van der Waals surface area contributed by atoms with Gasteiger partial charge in [-0.15, -0.1) is 0 Å². The number of aromatic hydroxyl groups is 1. The number of benzene rings is 3. The van der Waals surface area contributed by atoms with Gasteiger partial charge in [0.05, 0.1) is 43.1 Å². The van der Waals surface area contributed by atoms with E-state index < -0.39 is 23.7 Å². The second kappa shape index (κ2) is 11.7. The molecule has 0 spiro atoms. The van der Waals surface area contributed by atoms with Crippen molar-refractivity contribution in [1.29, 1.82) is 0 Å². The van der Waals surface area contributed by atoms with Crippen molar-refractivity contribution in [3.05, 3.63) is 94.6 Å². The highest BCUT2D eigenvalue weighted by molar-refractivity contribution is 6.46. The van der Waals surface area contributed by atoms with E-state index in [0.717, 1.165) is 0 Å². The normalized spacial score (nSPS) is 16.3. The Labute approximate surface area is 225 Å². The predicted molar refractivity (Wildman–Crippen MR) is 143 cm³/mol. The highest BCUT2D eigenvalue weighted by atomic mass is 16.5. The number of rotatable bonds is 9. The van der Waals surface area contributed by atoms with Crippen LogP contribution in [0.5, 0.6) is 17.2 Å². The maximum absolute atomic E-state index is 13.4. The van der Waals surface area contributed by atoms with Crippen LogP contribution < -0.4 is 9.47 Å². The quantitative estimate of drug-likeness (QED) is 0.178. The Morgan fingerprint density at radius 2 is 1.59 bits per heavy atom. The van der Waals surface area contributed by atoms with E-state index in [1.807, 2.05) is 6.92 Å². The molecule has 0 bridgehead atoms. The van der Waals surface area contributed by atoms with Crippen LogP contribution in [-0.4, -0.2) is 53.1 Å².